The summed E-state index contributed by atoms with van der Waals surface area (Å²) in [6.07, 6.45) is 5.12. The third kappa shape index (κ3) is 2.35. The minimum absolute atomic E-state index is 0.241. The molecule has 0 fully saturated rings. The summed E-state index contributed by atoms with van der Waals surface area (Å²) >= 11 is 0. The topological polar surface area (TPSA) is 38.0 Å². The Balaban J connectivity index is 1.70. The molecule has 3 nitrogen and oxygen atoms in total. The van der Waals surface area contributed by atoms with Crippen molar-refractivity contribution in [1.29, 1.82) is 0 Å². The SMILES string of the molecule is OC1(c2ccc(-c3ccc(F)cc3)cc2)CCCn2cncc21. The molecular formula is C19H17FN2O. The Morgan fingerprint density at radius 1 is 1.00 bits per heavy atom. The highest BCUT2D eigenvalue weighted by Crippen LogP contribution is 2.38. The fraction of sp³-hybridized carbons (Fsp3) is 0.211. The Hall–Kier alpha value is -2.46. The predicted octanol–water partition coefficient (Wildman–Crippen LogP) is 3.72. The van der Waals surface area contributed by atoms with Gasteiger partial charge in [-0.2, -0.15) is 0 Å². The molecule has 0 radical (unpaired) electrons. The Bertz CT molecular complexity index is 823. The molecule has 4 heteroatoms. The second-order valence-corrected chi connectivity index (χ2v) is 6.02. The highest BCUT2D eigenvalue weighted by atomic mass is 19.1. The van der Waals surface area contributed by atoms with Crippen molar-refractivity contribution in [3.05, 3.63) is 78.1 Å². The lowest BCUT2D eigenvalue weighted by Gasteiger charge is -2.33. The largest absolute Gasteiger partial charge is 0.379 e. The Morgan fingerprint density at radius 2 is 1.65 bits per heavy atom. The maximum atomic E-state index is 13.0. The van der Waals surface area contributed by atoms with Crippen LogP contribution in [0.15, 0.2) is 61.1 Å². The minimum Gasteiger partial charge on any atom is -0.379 e. The minimum atomic E-state index is -0.990. The number of benzene rings is 2. The Morgan fingerprint density at radius 3 is 2.35 bits per heavy atom. The molecule has 116 valence electrons. The third-order valence-electron chi connectivity index (χ3n) is 4.61. The van der Waals surface area contributed by atoms with Gasteiger partial charge in [-0.3, -0.25) is 0 Å². The highest BCUT2D eigenvalue weighted by Gasteiger charge is 2.36. The second-order valence-electron chi connectivity index (χ2n) is 6.02. The molecule has 4 rings (SSSR count). The lowest BCUT2D eigenvalue weighted by molar-refractivity contribution is 0.0469. The van der Waals surface area contributed by atoms with Gasteiger partial charge in [-0.15, -0.1) is 0 Å². The van der Waals surface area contributed by atoms with Crippen molar-refractivity contribution in [2.24, 2.45) is 0 Å². The van der Waals surface area contributed by atoms with Crippen molar-refractivity contribution in [2.45, 2.75) is 25.0 Å². The first-order chi connectivity index (χ1) is 11.2. The van der Waals surface area contributed by atoms with Crippen molar-refractivity contribution in [3.63, 3.8) is 0 Å². The van der Waals surface area contributed by atoms with Gasteiger partial charge in [0.05, 0.1) is 18.2 Å². The predicted molar refractivity (Wildman–Crippen MR) is 86.3 cm³/mol. The average molecular weight is 308 g/mol. The summed E-state index contributed by atoms with van der Waals surface area (Å²) < 4.78 is 15.0. The van der Waals surface area contributed by atoms with Crippen LogP contribution < -0.4 is 0 Å². The van der Waals surface area contributed by atoms with E-state index in [0.717, 1.165) is 35.3 Å². The number of halogens is 1. The standard InChI is InChI=1S/C19H17FN2O/c20-17-8-4-15(5-9-17)14-2-6-16(7-3-14)19(23)10-1-11-22-13-21-12-18(19)22/h2-9,12-13,23H,1,10-11H2. The molecule has 2 heterocycles. The van der Waals surface area contributed by atoms with Gasteiger partial charge in [0, 0.05) is 6.54 Å². The van der Waals surface area contributed by atoms with E-state index < -0.39 is 5.60 Å². The molecule has 0 aliphatic carbocycles. The van der Waals surface area contributed by atoms with Gasteiger partial charge in [0.1, 0.15) is 11.4 Å². The number of fused-ring (bicyclic) bond motifs is 1. The molecule has 0 saturated heterocycles. The summed E-state index contributed by atoms with van der Waals surface area (Å²) in [5.41, 5.74) is 2.68. The zero-order chi connectivity index (χ0) is 15.9. The van der Waals surface area contributed by atoms with Gasteiger partial charge in [-0.25, -0.2) is 9.37 Å². The molecular weight excluding hydrogens is 291 g/mol. The van der Waals surface area contributed by atoms with Crippen LogP contribution in [0.1, 0.15) is 24.1 Å². The highest BCUT2D eigenvalue weighted by molar-refractivity contribution is 5.63. The summed E-state index contributed by atoms with van der Waals surface area (Å²) in [6, 6.07) is 14.3. The van der Waals surface area contributed by atoms with Crippen LogP contribution in [-0.4, -0.2) is 14.7 Å². The number of nitrogens with zero attached hydrogens (tertiary/aromatic N) is 2. The molecule has 0 amide bonds. The van der Waals surface area contributed by atoms with Crippen LogP contribution in [0.2, 0.25) is 0 Å². The summed E-state index contributed by atoms with van der Waals surface area (Å²) in [6.45, 7) is 0.894. The molecule has 0 saturated carbocycles. The van der Waals surface area contributed by atoms with Crippen LogP contribution in [0.25, 0.3) is 11.1 Å². The molecule has 23 heavy (non-hydrogen) atoms. The molecule has 1 atom stereocenters. The number of aliphatic hydroxyl groups is 1. The van der Waals surface area contributed by atoms with E-state index in [1.807, 2.05) is 28.8 Å². The van der Waals surface area contributed by atoms with Gasteiger partial charge in [0.15, 0.2) is 0 Å². The maximum Gasteiger partial charge on any atom is 0.131 e. The molecule has 1 aliphatic rings. The first kappa shape index (κ1) is 14.2. The molecule has 1 aromatic heterocycles. The fourth-order valence-electron chi connectivity index (χ4n) is 3.35. The molecule has 1 N–H and O–H groups in total. The third-order valence-corrected chi connectivity index (χ3v) is 4.61. The smallest absolute Gasteiger partial charge is 0.131 e. The number of hydrogen-bond donors (Lipinski definition) is 1. The van der Waals surface area contributed by atoms with Crippen molar-refractivity contribution in [3.8, 4) is 11.1 Å². The lowest BCUT2D eigenvalue weighted by atomic mass is 9.83. The van der Waals surface area contributed by atoms with E-state index in [2.05, 4.69) is 4.98 Å². The molecule has 1 aliphatic heterocycles. The van der Waals surface area contributed by atoms with Gasteiger partial charge < -0.3 is 9.67 Å². The van der Waals surface area contributed by atoms with Crippen LogP contribution in [0.3, 0.4) is 0 Å². The molecule has 0 bridgehead atoms. The number of aromatic nitrogens is 2. The summed E-state index contributed by atoms with van der Waals surface area (Å²) in [4.78, 5) is 4.17. The maximum absolute atomic E-state index is 13.0. The van der Waals surface area contributed by atoms with Crippen molar-refractivity contribution < 1.29 is 9.50 Å². The van der Waals surface area contributed by atoms with Gasteiger partial charge in [0.2, 0.25) is 0 Å². The first-order valence-corrected chi connectivity index (χ1v) is 7.76. The van der Waals surface area contributed by atoms with E-state index in [1.54, 1.807) is 24.7 Å². The lowest BCUT2D eigenvalue weighted by Crippen LogP contribution is -2.34. The fourth-order valence-corrected chi connectivity index (χ4v) is 3.35. The van der Waals surface area contributed by atoms with Crippen molar-refractivity contribution in [1.82, 2.24) is 9.55 Å². The quantitative estimate of drug-likeness (QED) is 0.783. The van der Waals surface area contributed by atoms with E-state index in [0.29, 0.717) is 6.42 Å². The Labute approximate surface area is 134 Å². The van der Waals surface area contributed by atoms with E-state index in [-0.39, 0.29) is 5.82 Å². The molecule has 0 spiro atoms. The van der Waals surface area contributed by atoms with Crippen molar-refractivity contribution in [2.75, 3.05) is 0 Å². The van der Waals surface area contributed by atoms with Gasteiger partial charge >= 0.3 is 0 Å². The van der Waals surface area contributed by atoms with Gasteiger partial charge in [-0.05, 0) is 41.7 Å². The van der Waals surface area contributed by atoms with Crippen molar-refractivity contribution >= 4 is 0 Å². The van der Waals surface area contributed by atoms with Crippen LogP contribution in [0.5, 0.6) is 0 Å². The number of hydrogen-bond acceptors (Lipinski definition) is 2. The molecule has 2 aromatic carbocycles. The summed E-state index contributed by atoms with van der Waals surface area (Å²) in [5.74, 6) is -0.241. The second kappa shape index (κ2) is 5.32. The monoisotopic (exact) mass is 308 g/mol. The van der Waals surface area contributed by atoms with E-state index in [1.165, 1.54) is 12.1 Å². The average Bonchev–Trinajstić information content (AvgIpc) is 3.06. The van der Waals surface area contributed by atoms with E-state index in [9.17, 15) is 9.50 Å². The van der Waals surface area contributed by atoms with Gasteiger partial charge in [-0.1, -0.05) is 36.4 Å². The van der Waals surface area contributed by atoms with Crippen LogP contribution in [-0.2, 0) is 12.1 Å². The number of aryl methyl sites for hydroxylation is 1. The first-order valence-electron chi connectivity index (χ1n) is 7.76. The zero-order valence-electron chi connectivity index (χ0n) is 12.6. The Kier molecular flexibility index (Phi) is 3.27. The normalized spacial score (nSPS) is 20.3. The summed E-state index contributed by atoms with van der Waals surface area (Å²) in [5, 5.41) is 11.2. The molecule has 1 unspecified atom stereocenters. The zero-order valence-corrected chi connectivity index (χ0v) is 12.6. The molecule has 3 aromatic rings. The number of imidazole rings is 1. The van der Waals surface area contributed by atoms with E-state index in [4.69, 9.17) is 0 Å². The summed E-state index contributed by atoms with van der Waals surface area (Å²) in [7, 11) is 0. The number of rotatable bonds is 2. The van der Waals surface area contributed by atoms with Crippen LogP contribution in [0.4, 0.5) is 4.39 Å². The van der Waals surface area contributed by atoms with Gasteiger partial charge in [0.25, 0.3) is 0 Å². The van der Waals surface area contributed by atoms with Crippen LogP contribution >= 0.6 is 0 Å². The van der Waals surface area contributed by atoms with Crippen LogP contribution in [0, 0.1) is 5.82 Å². The van der Waals surface area contributed by atoms with E-state index >= 15 is 0 Å².